The second kappa shape index (κ2) is 15.0. The van der Waals surface area contributed by atoms with Crippen molar-refractivity contribution < 1.29 is 67.8 Å². The lowest BCUT2D eigenvalue weighted by Gasteiger charge is -2.66. The third-order valence-electron chi connectivity index (χ3n) is 12.0. The highest BCUT2D eigenvalue weighted by molar-refractivity contribution is 6.46. The SMILES string of the molecule is CC(=O)O[C@@]12CO[C@@H]1C[C@H](O)[C@@]1(C)C(=O)C(=O)C3=C(C)[C@@H](OC(=O)[C@H](O)[C@H](CC(C)C)NC(=O)OC(C)(C)C)C[C@@](O)([C@@H](OC(=O)c4ccccc4)[C@H]21)C3(C)C. The molecule has 0 aromatic heterocycles. The van der Waals surface area contributed by atoms with Crippen LogP contribution in [0.25, 0.3) is 0 Å². The number of esters is 3. The Morgan fingerprint density at radius 1 is 1.04 bits per heavy atom. The molecule has 0 spiro atoms. The molecule has 56 heavy (non-hydrogen) atoms. The molecule has 5 rings (SSSR count). The normalized spacial score (nSPS) is 33.4. The summed E-state index contributed by atoms with van der Waals surface area (Å²) in [6.07, 6.45) is -9.35. The number of aliphatic hydroxyl groups is 3. The topological polar surface area (TPSA) is 221 Å². The molecule has 3 aliphatic carbocycles. The first-order chi connectivity index (χ1) is 25.8. The molecule has 15 heteroatoms. The minimum absolute atomic E-state index is 0.0712. The molecule has 3 fully saturated rings. The van der Waals surface area contributed by atoms with Crippen LogP contribution < -0.4 is 5.32 Å². The van der Waals surface area contributed by atoms with Crippen LogP contribution in [-0.4, -0.2) is 111 Å². The predicted octanol–water partition coefficient (Wildman–Crippen LogP) is 3.14. The highest BCUT2D eigenvalue weighted by Gasteiger charge is 2.78. The fourth-order valence-corrected chi connectivity index (χ4v) is 9.17. The van der Waals surface area contributed by atoms with Crippen molar-refractivity contribution in [2.24, 2.45) is 22.7 Å². The van der Waals surface area contributed by atoms with Crippen LogP contribution in [0.5, 0.6) is 0 Å². The Morgan fingerprint density at radius 3 is 2.20 bits per heavy atom. The summed E-state index contributed by atoms with van der Waals surface area (Å²) in [5.74, 6) is -6.79. The lowest BCUT2D eigenvalue weighted by atomic mass is 9.45. The minimum atomic E-state index is -2.39. The van der Waals surface area contributed by atoms with Crippen molar-refractivity contribution in [2.75, 3.05) is 6.61 Å². The number of benzene rings is 1. The first-order valence-electron chi connectivity index (χ1n) is 19.0. The molecule has 1 aromatic carbocycles. The van der Waals surface area contributed by atoms with Gasteiger partial charge in [-0.05, 0) is 64.7 Å². The zero-order valence-electron chi connectivity index (χ0n) is 33.7. The Bertz CT molecular complexity index is 1800. The van der Waals surface area contributed by atoms with Crippen LogP contribution in [0.4, 0.5) is 4.79 Å². The van der Waals surface area contributed by atoms with Crippen molar-refractivity contribution in [1.29, 1.82) is 0 Å². The van der Waals surface area contributed by atoms with Crippen molar-refractivity contribution in [3.63, 3.8) is 0 Å². The second-order valence-corrected chi connectivity index (χ2v) is 17.8. The van der Waals surface area contributed by atoms with Gasteiger partial charge in [-0.3, -0.25) is 14.4 Å². The maximum Gasteiger partial charge on any atom is 0.407 e. The maximum atomic E-state index is 14.8. The summed E-state index contributed by atoms with van der Waals surface area (Å²) in [7, 11) is 0. The second-order valence-electron chi connectivity index (χ2n) is 17.8. The van der Waals surface area contributed by atoms with Gasteiger partial charge in [-0.15, -0.1) is 0 Å². The van der Waals surface area contributed by atoms with Gasteiger partial charge in [-0.1, -0.05) is 45.9 Å². The Kier molecular flexibility index (Phi) is 11.5. The van der Waals surface area contributed by atoms with E-state index < -0.39 is 112 Å². The summed E-state index contributed by atoms with van der Waals surface area (Å²) in [6, 6.07) is 6.64. The first kappa shape index (κ1) is 43.0. The molecule has 1 aromatic rings. The van der Waals surface area contributed by atoms with E-state index >= 15 is 0 Å². The van der Waals surface area contributed by atoms with Crippen LogP contribution in [-0.2, 0) is 42.9 Å². The van der Waals surface area contributed by atoms with Crippen LogP contribution >= 0.6 is 0 Å². The van der Waals surface area contributed by atoms with Crippen LogP contribution in [0.1, 0.15) is 98.9 Å². The molecule has 10 atom stereocenters. The summed E-state index contributed by atoms with van der Waals surface area (Å²) >= 11 is 0. The van der Waals surface area contributed by atoms with Crippen molar-refractivity contribution in [3.8, 4) is 0 Å². The number of ether oxygens (including phenoxy) is 5. The number of hydrogen-bond acceptors (Lipinski definition) is 14. The third-order valence-corrected chi connectivity index (χ3v) is 12.0. The van der Waals surface area contributed by atoms with Crippen molar-refractivity contribution in [3.05, 3.63) is 47.0 Å². The average Bonchev–Trinajstić information content (AvgIpc) is 3.08. The zero-order valence-corrected chi connectivity index (χ0v) is 33.7. The van der Waals surface area contributed by atoms with Crippen LogP contribution in [0.3, 0.4) is 0 Å². The molecular formula is C41H55NO14. The smallest absolute Gasteiger partial charge is 0.407 e. The number of aliphatic hydroxyl groups excluding tert-OH is 2. The highest BCUT2D eigenvalue weighted by atomic mass is 16.6. The van der Waals surface area contributed by atoms with Crippen LogP contribution in [0, 0.1) is 22.7 Å². The van der Waals surface area contributed by atoms with Gasteiger partial charge in [-0.2, -0.15) is 0 Å². The standard InChI is InChI=1S/C41H55NO14/c1-20(2)16-24(42-36(50)56-37(5,6)7)29(45)35(49)53-25-18-41(51)33(54-34(48)23-14-12-11-13-15-23)31-39(10,32(47)30(46)28(21(25)3)38(41,8)9)26(44)17-27-40(31,19-52-27)55-22(4)43/h11-15,20,24-27,29,31,33,44-45,51H,16-19H2,1-10H3,(H,42,50)/t24-,25-,26-,27+,29+,31-,33-,39+,40-,41+/m0/s1. The fourth-order valence-electron chi connectivity index (χ4n) is 9.17. The number of alkyl carbamates (subject to hydrolysis) is 1. The summed E-state index contributed by atoms with van der Waals surface area (Å²) in [4.78, 5) is 82.9. The van der Waals surface area contributed by atoms with E-state index in [0.717, 1.165) is 6.92 Å². The number of fused-ring (bicyclic) bond motifs is 5. The zero-order chi connectivity index (χ0) is 41.9. The van der Waals surface area contributed by atoms with E-state index in [4.69, 9.17) is 23.7 Å². The molecular weight excluding hydrogens is 730 g/mol. The lowest BCUT2D eigenvalue weighted by Crippen LogP contribution is -2.81. The van der Waals surface area contributed by atoms with E-state index in [-0.39, 0.29) is 42.1 Å². The molecule has 15 nitrogen and oxygen atoms in total. The molecule has 1 saturated heterocycles. The molecule has 1 heterocycles. The van der Waals surface area contributed by atoms with E-state index in [2.05, 4.69) is 5.32 Å². The largest absolute Gasteiger partial charge is 0.456 e. The first-order valence-corrected chi connectivity index (χ1v) is 19.0. The van der Waals surface area contributed by atoms with Gasteiger partial charge < -0.3 is 44.3 Å². The molecule has 2 saturated carbocycles. The number of amides is 1. The summed E-state index contributed by atoms with van der Waals surface area (Å²) in [5, 5.41) is 39.0. The molecule has 1 aliphatic heterocycles. The van der Waals surface area contributed by atoms with Gasteiger partial charge in [0.25, 0.3) is 0 Å². The fraction of sp³-hybridized carbons (Fsp3) is 0.659. The molecule has 4 N–H and O–H groups in total. The van der Waals surface area contributed by atoms with Crippen LogP contribution in [0.15, 0.2) is 41.5 Å². The van der Waals surface area contributed by atoms with Crippen molar-refractivity contribution >= 4 is 35.6 Å². The van der Waals surface area contributed by atoms with Gasteiger partial charge >= 0.3 is 24.0 Å². The Balaban J connectivity index is 1.66. The number of carbonyl (C=O) groups excluding carboxylic acids is 6. The van der Waals surface area contributed by atoms with Gasteiger partial charge in [0, 0.05) is 30.8 Å². The van der Waals surface area contributed by atoms with E-state index in [1.54, 1.807) is 39.0 Å². The van der Waals surface area contributed by atoms with Crippen molar-refractivity contribution in [2.45, 2.75) is 142 Å². The third kappa shape index (κ3) is 7.27. The quantitative estimate of drug-likeness (QED) is 0.161. The summed E-state index contributed by atoms with van der Waals surface area (Å²) in [6.45, 7) is 15.2. The predicted molar refractivity (Wildman–Crippen MR) is 197 cm³/mol. The maximum absolute atomic E-state index is 14.8. The van der Waals surface area contributed by atoms with Gasteiger partial charge in [0.15, 0.2) is 11.7 Å². The molecule has 0 unspecified atom stereocenters. The lowest BCUT2D eigenvalue weighted by molar-refractivity contribution is -0.343. The number of nitrogens with one attached hydrogen (secondary N) is 1. The summed E-state index contributed by atoms with van der Waals surface area (Å²) in [5.41, 5.74) is -8.92. The highest BCUT2D eigenvalue weighted by Crippen LogP contribution is 2.63. The van der Waals surface area contributed by atoms with Gasteiger partial charge in [0.1, 0.15) is 29.5 Å². The monoisotopic (exact) mass is 785 g/mol. The van der Waals surface area contributed by atoms with Crippen molar-refractivity contribution in [1.82, 2.24) is 5.32 Å². The molecule has 1 amide bonds. The molecule has 308 valence electrons. The van der Waals surface area contributed by atoms with Gasteiger partial charge in [-0.25, -0.2) is 14.4 Å². The summed E-state index contributed by atoms with van der Waals surface area (Å²) < 4.78 is 29.3. The van der Waals surface area contributed by atoms with Crippen LogP contribution in [0.2, 0.25) is 0 Å². The number of carbonyl (C=O) groups is 6. The Morgan fingerprint density at radius 2 is 1.66 bits per heavy atom. The van der Waals surface area contributed by atoms with E-state index in [1.165, 1.54) is 39.8 Å². The molecule has 0 radical (unpaired) electrons. The minimum Gasteiger partial charge on any atom is -0.456 e. The Hall–Kier alpha value is -4.18. The van der Waals surface area contributed by atoms with E-state index in [0.29, 0.717) is 0 Å². The number of Topliss-reactive ketones (excluding diaryl/α,β-unsaturated/α-hetero) is 2. The van der Waals surface area contributed by atoms with Gasteiger partial charge in [0.05, 0.1) is 35.6 Å². The number of ketones is 2. The molecule has 2 bridgehead atoms. The van der Waals surface area contributed by atoms with E-state index in [1.807, 2.05) is 13.8 Å². The van der Waals surface area contributed by atoms with Gasteiger partial charge in [0.2, 0.25) is 11.6 Å². The molecule has 4 aliphatic rings. The average molecular weight is 786 g/mol. The Labute approximate surface area is 326 Å². The number of hydrogen-bond donors (Lipinski definition) is 4. The number of rotatable bonds is 9. The van der Waals surface area contributed by atoms with E-state index in [9.17, 15) is 44.1 Å².